The van der Waals surface area contributed by atoms with Gasteiger partial charge in [0.05, 0.1) is 24.7 Å². The molecule has 0 aliphatic rings. The smallest absolute Gasteiger partial charge is 0.279 e. The number of nitrogens with one attached hydrogen (secondary N) is 1. The molecule has 0 fully saturated rings. The van der Waals surface area contributed by atoms with Crippen LogP contribution in [-0.2, 0) is 4.84 Å². The second kappa shape index (κ2) is 10.0. The number of para-hydroxylation sites is 1. The fourth-order valence-corrected chi connectivity index (χ4v) is 1.37. The standard InChI is InChI=1S/C8H12N2O.C7H7N3O/c1-10(11-2)9-8-6-4-3-5-7-8;8-5-10-7(11)6-2-1-3-9-4-6/h3-7,9H,1-2H3;1-5H,(H2,8,10,11). The van der Waals surface area contributed by atoms with Gasteiger partial charge in [0.2, 0.25) is 0 Å². The van der Waals surface area contributed by atoms with Crippen LogP contribution < -0.4 is 11.2 Å². The highest BCUT2D eigenvalue weighted by Gasteiger charge is 1.99. The van der Waals surface area contributed by atoms with Crippen molar-refractivity contribution in [3.63, 3.8) is 0 Å². The van der Waals surface area contributed by atoms with E-state index in [1.54, 1.807) is 32.5 Å². The normalized spacial score (nSPS) is 10.1. The van der Waals surface area contributed by atoms with Crippen LogP contribution in [0.2, 0.25) is 0 Å². The van der Waals surface area contributed by atoms with E-state index in [0.29, 0.717) is 5.56 Å². The van der Waals surface area contributed by atoms with Gasteiger partial charge in [-0.1, -0.05) is 18.2 Å². The van der Waals surface area contributed by atoms with Crippen molar-refractivity contribution in [2.24, 2.45) is 10.7 Å². The fraction of sp³-hybridized carbons (Fsp3) is 0.133. The third-order valence-corrected chi connectivity index (χ3v) is 2.43. The molecule has 2 rings (SSSR count). The lowest BCUT2D eigenvalue weighted by Crippen LogP contribution is -2.23. The first-order valence-corrected chi connectivity index (χ1v) is 6.45. The minimum absolute atomic E-state index is 0.374. The van der Waals surface area contributed by atoms with Gasteiger partial charge in [0.1, 0.15) is 0 Å². The number of benzene rings is 1. The molecule has 2 aromatic rings. The number of aromatic nitrogens is 1. The molecule has 0 aliphatic heterocycles. The quantitative estimate of drug-likeness (QED) is 0.507. The summed E-state index contributed by atoms with van der Waals surface area (Å²) in [4.78, 5) is 22.9. The molecule has 0 saturated carbocycles. The van der Waals surface area contributed by atoms with Gasteiger partial charge in [-0.25, -0.2) is 0 Å². The number of hydrazine groups is 1. The molecule has 0 spiro atoms. The number of anilines is 1. The Balaban J connectivity index is 0.000000220. The number of nitrogens with zero attached hydrogens (tertiary/aromatic N) is 3. The van der Waals surface area contributed by atoms with Gasteiger partial charge in [-0.15, -0.1) is 5.17 Å². The highest BCUT2D eigenvalue weighted by atomic mass is 16.7. The number of hydrogen-bond acceptors (Lipinski definition) is 5. The number of hydroxylamine groups is 1. The Morgan fingerprint density at radius 3 is 2.59 bits per heavy atom. The van der Waals surface area contributed by atoms with Crippen LogP contribution in [0.1, 0.15) is 10.4 Å². The largest absolute Gasteiger partial charge is 0.390 e. The molecule has 0 radical (unpaired) electrons. The van der Waals surface area contributed by atoms with E-state index in [1.165, 1.54) is 11.4 Å². The Labute approximate surface area is 129 Å². The van der Waals surface area contributed by atoms with E-state index in [9.17, 15) is 4.79 Å². The number of aliphatic imine (C=N–C) groups is 1. The summed E-state index contributed by atoms with van der Waals surface area (Å²) in [6, 6.07) is 13.1. The summed E-state index contributed by atoms with van der Waals surface area (Å²) >= 11 is 0. The molecule has 0 atom stereocenters. The van der Waals surface area contributed by atoms with E-state index in [1.807, 2.05) is 30.3 Å². The molecule has 0 saturated heterocycles. The van der Waals surface area contributed by atoms with Crippen molar-refractivity contribution in [3.8, 4) is 0 Å². The summed E-state index contributed by atoms with van der Waals surface area (Å²) in [5.41, 5.74) is 9.39. The summed E-state index contributed by atoms with van der Waals surface area (Å²) in [5.74, 6) is -0.374. The molecule has 1 heterocycles. The maximum absolute atomic E-state index is 10.9. The second-order valence-corrected chi connectivity index (χ2v) is 3.98. The molecule has 0 aliphatic carbocycles. The SMILES string of the molecule is CON(C)Nc1ccccc1.NC=NC(=O)c1cccnc1. The molecule has 1 aromatic heterocycles. The number of hydrogen-bond donors (Lipinski definition) is 2. The van der Waals surface area contributed by atoms with Crippen LogP contribution in [0.4, 0.5) is 5.69 Å². The van der Waals surface area contributed by atoms with Gasteiger partial charge in [0, 0.05) is 19.4 Å². The first-order chi connectivity index (χ1) is 10.7. The average molecular weight is 301 g/mol. The predicted molar refractivity (Wildman–Crippen MR) is 86.1 cm³/mol. The van der Waals surface area contributed by atoms with Crippen molar-refractivity contribution < 1.29 is 9.63 Å². The van der Waals surface area contributed by atoms with Crippen molar-refractivity contribution in [3.05, 3.63) is 60.4 Å². The topological polar surface area (TPSA) is 92.8 Å². The number of amides is 1. The average Bonchev–Trinajstić information content (AvgIpc) is 2.57. The lowest BCUT2D eigenvalue weighted by Gasteiger charge is -2.15. The van der Waals surface area contributed by atoms with Crippen molar-refractivity contribution in [1.82, 2.24) is 10.2 Å². The molecule has 3 N–H and O–H groups in total. The molecule has 7 nitrogen and oxygen atoms in total. The molecule has 1 aromatic carbocycles. The molecule has 1 amide bonds. The van der Waals surface area contributed by atoms with Crippen LogP contribution in [0, 0.1) is 0 Å². The van der Waals surface area contributed by atoms with Crippen molar-refractivity contribution in [2.75, 3.05) is 19.6 Å². The van der Waals surface area contributed by atoms with Gasteiger partial charge in [0.25, 0.3) is 5.91 Å². The van der Waals surface area contributed by atoms with Gasteiger partial charge < -0.3 is 5.73 Å². The number of carbonyl (C=O) groups is 1. The number of rotatable bonds is 4. The molecule has 7 heteroatoms. The van der Waals surface area contributed by atoms with Crippen molar-refractivity contribution in [1.29, 1.82) is 0 Å². The molecule has 0 unspecified atom stereocenters. The first-order valence-electron chi connectivity index (χ1n) is 6.45. The number of pyridine rings is 1. The third kappa shape index (κ3) is 6.60. The van der Waals surface area contributed by atoms with E-state index >= 15 is 0 Å². The minimum atomic E-state index is -0.374. The number of carbonyl (C=O) groups excluding carboxylic acids is 1. The van der Waals surface area contributed by atoms with Crippen molar-refractivity contribution in [2.45, 2.75) is 0 Å². The Morgan fingerprint density at radius 2 is 2.05 bits per heavy atom. The fourth-order valence-electron chi connectivity index (χ4n) is 1.37. The Bertz CT molecular complexity index is 575. The Kier molecular flexibility index (Phi) is 7.88. The molecule has 0 bridgehead atoms. The van der Waals surface area contributed by atoms with Crippen LogP contribution in [-0.4, -0.2) is 36.6 Å². The van der Waals surface area contributed by atoms with Gasteiger partial charge >= 0.3 is 0 Å². The van der Waals surface area contributed by atoms with Crippen LogP contribution in [0.25, 0.3) is 0 Å². The van der Waals surface area contributed by atoms with E-state index < -0.39 is 0 Å². The maximum Gasteiger partial charge on any atom is 0.279 e. The van der Waals surface area contributed by atoms with Crippen LogP contribution in [0.15, 0.2) is 59.9 Å². The van der Waals surface area contributed by atoms with Gasteiger partial charge in [-0.2, -0.15) is 4.99 Å². The van der Waals surface area contributed by atoms with Gasteiger partial charge in [-0.3, -0.25) is 20.0 Å². The Morgan fingerprint density at radius 1 is 1.32 bits per heavy atom. The zero-order valence-electron chi connectivity index (χ0n) is 12.5. The third-order valence-electron chi connectivity index (χ3n) is 2.43. The lowest BCUT2D eigenvalue weighted by molar-refractivity contribution is -0.0864. The molecule has 22 heavy (non-hydrogen) atoms. The first kappa shape index (κ1) is 17.3. The zero-order valence-corrected chi connectivity index (χ0v) is 12.5. The molecular weight excluding hydrogens is 282 g/mol. The minimum Gasteiger partial charge on any atom is -0.390 e. The molecule has 116 valence electrons. The zero-order chi connectivity index (χ0) is 16.2. The summed E-state index contributed by atoms with van der Waals surface area (Å²) in [7, 11) is 3.41. The lowest BCUT2D eigenvalue weighted by atomic mass is 10.3. The van der Waals surface area contributed by atoms with Crippen LogP contribution in [0.3, 0.4) is 0 Å². The predicted octanol–water partition coefficient (Wildman–Crippen LogP) is 1.72. The summed E-state index contributed by atoms with van der Waals surface area (Å²) in [6.45, 7) is 0. The number of nitrogens with two attached hydrogens (primary N) is 1. The summed E-state index contributed by atoms with van der Waals surface area (Å²) in [5, 5.41) is 1.54. The second-order valence-electron chi connectivity index (χ2n) is 3.98. The summed E-state index contributed by atoms with van der Waals surface area (Å²) < 4.78 is 0. The highest BCUT2D eigenvalue weighted by molar-refractivity contribution is 5.98. The van der Waals surface area contributed by atoms with Gasteiger partial charge in [0.15, 0.2) is 0 Å². The van der Waals surface area contributed by atoms with Gasteiger partial charge in [-0.05, 0) is 24.3 Å². The Hall–Kier alpha value is -2.77. The van der Waals surface area contributed by atoms with Crippen LogP contribution >= 0.6 is 0 Å². The van der Waals surface area contributed by atoms with Crippen molar-refractivity contribution >= 4 is 17.9 Å². The van der Waals surface area contributed by atoms with E-state index in [-0.39, 0.29) is 5.91 Å². The highest BCUT2D eigenvalue weighted by Crippen LogP contribution is 2.04. The monoisotopic (exact) mass is 301 g/mol. The summed E-state index contributed by atoms with van der Waals surface area (Å²) in [6.07, 6.45) is 3.99. The van der Waals surface area contributed by atoms with E-state index in [4.69, 9.17) is 10.6 Å². The maximum atomic E-state index is 10.9. The van der Waals surface area contributed by atoms with E-state index in [2.05, 4.69) is 15.4 Å². The van der Waals surface area contributed by atoms with E-state index in [0.717, 1.165) is 12.0 Å². The molecular formula is C15H19N5O2. The van der Waals surface area contributed by atoms with Crippen LogP contribution in [0.5, 0.6) is 0 Å².